The molecule has 0 radical (unpaired) electrons. The molecule has 10 heteroatoms. The van der Waals surface area contributed by atoms with Crippen LogP contribution in [0, 0.1) is 24.0 Å². The van der Waals surface area contributed by atoms with Crippen LogP contribution in [0.1, 0.15) is 17.0 Å². The Kier molecular flexibility index (Phi) is 6.04. The summed E-state index contributed by atoms with van der Waals surface area (Å²) in [5.74, 6) is 0.286. The number of rotatable bonds is 6. The van der Waals surface area contributed by atoms with Crippen molar-refractivity contribution in [2.24, 2.45) is 0 Å². The van der Waals surface area contributed by atoms with Gasteiger partial charge in [-0.25, -0.2) is 9.97 Å². The molecule has 0 saturated heterocycles. The van der Waals surface area contributed by atoms with Gasteiger partial charge in [0.1, 0.15) is 0 Å². The van der Waals surface area contributed by atoms with Crippen LogP contribution >= 0.6 is 11.8 Å². The van der Waals surface area contributed by atoms with Crippen LogP contribution in [-0.2, 0) is 4.79 Å². The molecule has 1 aliphatic heterocycles. The lowest BCUT2D eigenvalue weighted by Crippen LogP contribution is -2.07. The van der Waals surface area contributed by atoms with E-state index in [1.54, 1.807) is 12.1 Å². The largest absolute Gasteiger partial charge is 0.454 e. The Balaban J connectivity index is 1.42. The van der Waals surface area contributed by atoms with E-state index in [-0.39, 0.29) is 18.0 Å². The first-order chi connectivity index (χ1) is 15.4. The average molecular weight is 450 g/mol. The average Bonchev–Trinajstić information content (AvgIpc) is 3.19. The number of fused-ring (bicyclic) bond motifs is 1. The quantitative estimate of drug-likeness (QED) is 0.252. The molecule has 1 amide bonds. The molecule has 3 aromatic rings. The topological polar surface area (TPSA) is 116 Å². The maximum atomic E-state index is 12.3. The number of hydrogen-bond donors (Lipinski definition) is 1. The molecule has 0 saturated carbocycles. The summed E-state index contributed by atoms with van der Waals surface area (Å²) in [6.45, 7) is 3.84. The molecule has 0 spiro atoms. The number of benzene rings is 2. The van der Waals surface area contributed by atoms with Gasteiger partial charge in [0.15, 0.2) is 16.7 Å². The molecule has 9 nitrogen and oxygen atoms in total. The molecular formula is C22H18N4O5S. The van der Waals surface area contributed by atoms with Gasteiger partial charge in [0.2, 0.25) is 12.7 Å². The molecule has 1 N–H and O–H groups in total. The van der Waals surface area contributed by atoms with Crippen LogP contribution in [0.25, 0.3) is 6.08 Å². The van der Waals surface area contributed by atoms with E-state index < -0.39 is 10.8 Å². The highest BCUT2D eigenvalue weighted by atomic mass is 32.2. The molecule has 2 heterocycles. The van der Waals surface area contributed by atoms with E-state index in [0.29, 0.717) is 22.3 Å². The van der Waals surface area contributed by atoms with E-state index in [0.717, 1.165) is 16.3 Å². The van der Waals surface area contributed by atoms with Gasteiger partial charge in [0.25, 0.3) is 5.69 Å². The Bertz CT molecular complexity index is 1210. The fourth-order valence-corrected chi connectivity index (χ4v) is 3.90. The van der Waals surface area contributed by atoms with E-state index in [1.807, 2.05) is 32.0 Å². The fraction of sp³-hybridized carbons (Fsp3) is 0.136. The molecule has 2 aromatic carbocycles. The lowest BCUT2D eigenvalue weighted by Gasteiger charge is -2.05. The molecule has 32 heavy (non-hydrogen) atoms. The Labute approximate surface area is 187 Å². The summed E-state index contributed by atoms with van der Waals surface area (Å²) in [4.78, 5) is 32.8. The number of nitrogens with one attached hydrogen (secondary N) is 1. The molecule has 0 fully saturated rings. The van der Waals surface area contributed by atoms with Crippen molar-refractivity contribution < 1.29 is 19.2 Å². The molecule has 1 aromatic heterocycles. The van der Waals surface area contributed by atoms with Crippen molar-refractivity contribution in [2.75, 3.05) is 12.1 Å². The summed E-state index contributed by atoms with van der Waals surface area (Å²) in [6, 6.07) is 11.9. The fourth-order valence-electron chi connectivity index (χ4n) is 3.04. The zero-order valence-electron chi connectivity index (χ0n) is 17.2. The predicted octanol–water partition coefficient (Wildman–Crippen LogP) is 4.53. The molecule has 0 atom stereocenters. The molecule has 0 aliphatic carbocycles. The summed E-state index contributed by atoms with van der Waals surface area (Å²) in [5.41, 5.74) is 2.46. The van der Waals surface area contributed by atoms with Crippen molar-refractivity contribution in [2.45, 2.75) is 23.9 Å². The maximum Gasteiger partial charge on any atom is 0.280 e. The molecule has 0 bridgehead atoms. The molecular weight excluding hydrogens is 432 g/mol. The van der Waals surface area contributed by atoms with Crippen molar-refractivity contribution in [3.05, 3.63) is 75.6 Å². The number of nitro groups is 1. The number of amides is 1. The Hall–Kier alpha value is -3.92. The maximum absolute atomic E-state index is 12.3. The van der Waals surface area contributed by atoms with Crippen molar-refractivity contribution >= 4 is 35.1 Å². The Morgan fingerprint density at radius 2 is 1.75 bits per heavy atom. The molecule has 0 unspecified atom stereocenters. The number of aryl methyl sites for hydroxylation is 2. The number of carbonyl (C=O) groups is 1. The first-order valence-electron chi connectivity index (χ1n) is 9.55. The van der Waals surface area contributed by atoms with Crippen molar-refractivity contribution in [1.82, 2.24) is 9.97 Å². The first kappa shape index (κ1) is 21.3. The summed E-state index contributed by atoms with van der Waals surface area (Å²) in [7, 11) is 0. The third-order valence-corrected chi connectivity index (χ3v) is 5.30. The lowest BCUT2D eigenvalue weighted by molar-refractivity contribution is -0.385. The Morgan fingerprint density at radius 1 is 1.09 bits per heavy atom. The monoisotopic (exact) mass is 450 g/mol. The molecule has 162 valence electrons. The van der Waals surface area contributed by atoms with Crippen LogP contribution in [0.3, 0.4) is 0 Å². The smallest absolute Gasteiger partial charge is 0.280 e. The van der Waals surface area contributed by atoms with Gasteiger partial charge in [-0.3, -0.25) is 14.9 Å². The van der Waals surface area contributed by atoms with E-state index in [2.05, 4.69) is 15.3 Å². The minimum absolute atomic E-state index is 0.00400. The second-order valence-corrected chi connectivity index (χ2v) is 7.94. The van der Waals surface area contributed by atoms with E-state index in [4.69, 9.17) is 9.47 Å². The van der Waals surface area contributed by atoms with Gasteiger partial charge in [0.05, 0.1) is 16.6 Å². The third-order valence-electron chi connectivity index (χ3n) is 4.43. The summed E-state index contributed by atoms with van der Waals surface area (Å²) in [6.07, 6.45) is 2.60. The van der Waals surface area contributed by atoms with Gasteiger partial charge in [-0.2, -0.15) is 0 Å². The second-order valence-electron chi connectivity index (χ2n) is 6.90. The summed E-state index contributed by atoms with van der Waals surface area (Å²) < 4.78 is 10.4. The minimum Gasteiger partial charge on any atom is -0.454 e. The first-order valence-corrected chi connectivity index (χ1v) is 10.4. The van der Waals surface area contributed by atoms with E-state index in [9.17, 15) is 14.9 Å². The number of nitrogens with zero attached hydrogens (tertiary/aromatic N) is 3. The van der Waals surface area contributed by atoms with E-state index in [1.165, 1.54) is 36.0 Å². The number of aromatic nitrogens is 2. The van der Waals surface area contributed by atoms with Gasteiger partial charge >= 0.3 is 0 Å². The lowest BCUT2D eigenvalue weighted by atomic mass is 10.1. The third kappa shape index (κ3) is 5.03. The van der Waals surface area contributed by atoms with Crippen LogP contribution in [0.5, 0.6) is 11.5 Å². The Morgan fingerprint density at radius 3 is 2.41 bits per heavy atom. The highest BCUT2D eigenvalue weighted by Gasteiger charge is 2.22. The molecule has 4 rings (SSSR count). The highest BCUT2D eigenvalue weighted by Crippen LogP contribution is 2.38. The van der Waals surface area contributed by atoms with Gasteiger partial charge in [0, 0.05) is 28.0 Å². The van der Waals surface area contributed by atoms with E-state index >= 15 is 0 Å². The van der Waals surface area contributed by atoms with Crippen LogP contribution in [0.4, 0.5) is 11.4 Å². The number of ether oxygens (including phenoxy) is 2. The van der Waals surface area contributed by atoms with Gasteiger partial charge in [-0.15, -0.1) is 0 Å². The standard InChI is InChI=1S/C22H18N4O5S/c1-13-9-14(2)24-22(23-13)32-17-6-4-16(5-7-17)25-21(27)8-3-15-10-19-20(31-12-30-19)11-18(15)26(28)29/h3-11H,12H2,1-2H3,(H,25,27)/b8-3+. The van der Waals surface area contributed by atoms with Crippen LogP contribution in [0.15, 0.2) is 58.6 Å². The van der Waals surface area contributed by atoms with Gasteiger partial charge < -0.3 is 14.8 Å². The van der Waals surface area contributed by atoms with Crippen molar-refractivity contribution in [1.29, 1.82) is 0 Å². The zero-order chi connectivity index (χ0) is 22.7. The summed E-state index contributed by atoms with van der Waals surface area (Å²) >= 11 is 1.43. The number of carbonyl (C=O) groups excluding carboxylic acids is 1. The SMILES string of the molecule is Cc1cc(C)nc(Sc2ccc(NC(=O)/C=C/c3cc4c(cc3[N+](=O)[O-])OCO4)cc2)n1. The molecule has 1 aliphatic rings. The van der Waals surface area contributed by atoms with Gasteiger partial charge in [-0.1, -0.05) is 0 Å². The number of anilines is 1. The number of hydrogen-bond acceptors (Lipinski definition) is 8. The van der Waals surface area contributed by atoms with Gasteiger partial charge in [-0.05, 0) is 68.1 Å². The normalized spacial score (nSPS) is 12.2. The van der Waals surface area contributed by atoms with Crippen molar-refractivity contribution in [3.63, 3.8) is 0 Å². The van der Waals surface area contributed by atoms with Crippen molar-refractivity contribution in [3.8, 4) is 11.5 Å². The van der Waals surface area contributed by atoms with Crippen LogP contribution < -0.4 is 14.8 Å². The highest BCUT2D eigenvalue weighted by molar-refractivity contribution is 7.99. The minimum atomic E-state index is -0.532. The number of nitro benzene ring substituents is 1. The summed E-state index contributed by atoms with van der Waals surface area (Å²) in [5, 5.41) is 14.7. The zero-order valence-corrected chi connectivity index (χ0v) is 18.0. The van der Waals surface area contributed by atoms with Crippen LogP contribution in [-0.4, -0.2) is 27.6 Å². The van der Waals surface area contributed by atoms with Crippen LogP contribution in [0.2, 0.25) is 0 Å². The second kappa shape index (κ2) is 9.06. The predicted molar refractivity (Wildman–Crippen MR) is 119 cm³/mol.